The van der Waals surface area contributed by atoms with Crippen LogP contribution in [0.3, 0.4) is 0 Å². The zero-order chi connectivity index (χ0) is 15.1. The Balaban J connectivity index is 2.81. The molecule has 0 amide bonds. The molecule has 0 aromatic heterocycles. The highest BCUT2D eigenvalue weighted by Gasteiger charge is 2.37. The van der Waals surface area contributed by atoms with E-state index in [1.807, 2.05) is 0 Å². The van der Waals surface area contributed by atoms with Gasteiger partial charge in [-0.3, -0.25) is 14.7 Å². The van der Waals surface area contributed by atoms with E-state index in [2.05, 4.69) is 4.79 Å². The largest absolute Gasteiger partial charge is 0.502 e. The zero-order valence-electron chi connectivity index (χ0n) is 9.66. The van der Waals surface area contributed by atoms with Gasteiger partial charge in [0.1, 0.15) is 5.25 Å². The third kappa shape index (κ3) is 2.18. The van der Waals surface area contributed by atoms with Crippen molar-refractivity contribution >= 4 is 21.5 Å². The highest BCUT2D eigenvalue weighted by atomic mass is 32.2. The van der Waals surface area contributed by atoms with E-state index in [9.17, 15) is 23.6 Å². The van der Waals surface area contributed by atoms with Crippen molar-refractivity contribution in [2.24, 2.45) is 0 Å². The molecule has 0 heterocycles. The van der Waals surface area contributed by atoms with Crippen LogP contribution in [0.5, 0.6) is 0 Å². The second-order valence-corrected chi connectivity index (χ2v) is 5.50. The lowest BCUT2D eigenvalue weighted by molar-refractivity contribution is -0.384. The minimum absolute atomic E-state index is 0.0271. The summed E-state index contributed by atoms with van der Waals surface area (Å²) in [4.78, 5) is 12.8. The van der Waals surface area contributed by atoms with Crippen LogP contribution in [0.1, 0.15) is 16.4 Å². The number of nitro groups is 1. The molecule has 1 aromatic rings. The Labute approximate surface area is 112 Å². The van der Waals surface area contributed by atoms with E-state index in [1.165, 1.54) is 0 Å². The number of hydrogen-bond donors (Lipinski definition) is 2. The summed E-state index contributed by atoms with van der Waals surface area (Å²) in [6.45, 7) is 0. The Morgan fingerprint density at radius 2 is 2.05 bits per heavy atom. The first-order valence-electron chi connectivity index (χ1n) is 5.14. The van der Waals surface area contributed by atoms with Crippen molar-refractivity contribution in [3.63, 3.8) is 0 Å². The fourth-order valence-electron chi connectivity index (χ4n) is 1.92. The molecule has 0 aliphatic heterocycles. The second kappa shape index (κ2) is 4.53. The number of nitro benzene ring substituents is 1. The van der Waals surface area contributed by atoms with Gasteiger partial charge in [-0.1, -0.05) is 0 Å². The molecule has 2 N–H and O–H groups in total. The van der Waals surface area contributed by atoms with Gasteiger partial charge in [0.05, 0.1) is 10.5 Å². The van der Waals surface area contributed by atoms with Gasteiger partial charge in [-0.15, -0.1) is 0 Å². The Morgan fingerprint density at radius 3 is 2.55 bits per heavy atom. The van der Waals surface area contributed by atoms with Crippen molar-refractivity contribution in [2.45, 2.75) is 5.25 Å². The summed E-state index contributed by atoms with van der Waals surface area (Å²) in [7, 11) is -4.64. The number of non-ortho nitro benzene ring substituents is 1. The Kier molecular flexibility index (Phi) is 3.14. The molecule has 0 bridgehead atoms. The maximum Gasteiger partial charge on any atom is 0.363 e. The predicted octanol–water partition coefficient (Wildman–Crippen LogP) is 0.998. The van der Waals surface area contributed by atoms with Crippen molar-refractivity contribution in [1.29, 1.82) is 0 Å². The molecular formula is C10H7N3O6S. The molecule has 1 aromatic carbocycles. The fourth-order valence-corrected chi connectivity index (χ4v) is 2.73. The lowest BCUT2D eigenvalue weighted by Crippen LogP contribution is -2.22. The van der Waals surface area contributed by atoms with E-state index >= 15 is 0 Å². The molecule has 9 nitrogen and oxygen atoms in total. The molecular weight excluding hydrogens is 290 g/mol. The number of aliphatic hydroxyl groups is 1. The summed E-state index contributed by atoms with van der Waals surface area (Å²) in [5.41, 5.74) is 7.89. The summed E-state index contributed by atoms with van der Waals surface area (Å²) >= 11 is 0. The van der Waals surface area contributed by atoms with Gasteiger partial charge in [-0.25, -0.2) is 0 Å². The summed E-state index contributed by atoms with van der Waals surface area (Å²) in [5.74, 6) is -0.656. The van der Waals surface area contributed by atoms with Crippen molar-refractivity contribution in [1.82, 2.24) is 0 Å². The molecule has 10 heteroatoms. The summed E-state index contributed by atoms with van der Waals surface area (Å²) in [5, 5.41) is 18.6. The van der Waals surface area contributed by atoms with Crippen molar-refractivity contribution in [3.8, 4) is 0 Å². The number of allylic oxidation sites excluding steroid dienone is 1. The van der Waals surface area contributed by atoms with Crippen LogP contribution in [0.4, 0.5) is 5.69 Å². The summed E-state index contributed by atoms with van der Waals surface area (Å²) in [6, 6.07) is 3.12. The van der Waals surface area contributed by atoms with Crippen LogP contribution in [0, 0.1) is 10.1 Å². The highest BCUT2D eigenvalue weighted by molar-refractivity contribution is 7.86. The molecule has 0 spiro atoms. The number of benzene rings is 1. The second-order valence-electron chi connectivity index (χ2n) is 3.96. The van der Waals surface area contributed by atoms with Crippen LogP contribution >= 0.6 is 0 Å². The average Bonchev–Trinajstić information content (AvgIpc) is 2.36. The summed E-state index contributed by atoms with van der Waals surface area (Å²) < 4.78 is 31.7. The monoisotopic (exact) mass is 297 g/mol. The number of rotatable bonds is 2. The molecule has 0 unspecified atom stereocenters. The van der Waals surface area contributed by atoms with Crippen LogP contribution in [0.15, 0.2) is 30.0 Å². The maximum atomic E-state index is 11.3. The van der Waals surface area contributed by atoms with E-state index < -0.39 is 31.7 Å². The van der Waals surface area contributed by atoms with Crippen LogP contribution in [0.25, 0.3) is 5.53 Å². The Morgan fingerprint density at radius 1 is 1.40 bits per heavy atom. The number of fused-ring (bicyclic) bond motifs is 1. The Bertz CT molecular complexity index is 791. The normalized spacial score (nSPS) is 17.9. The first-order chi connectivity index (χ1) is 9.25. The third-order valence-electron chi connectivity index (χ3n) is 2.78. The van der Waals surface area contributed by atoms with E-state index in [4.69, 9.17) is 10.1 Å². The SMILES string of the molecule is [N-]=[N+]=C1C(O)=C[C@@H](S(=O)(=O)O)c2cc([N+](=O)[O-])ccc21. The molecule has 104 valence electrons. The molecule has 0 fully saturated rings. The number of nitrogens with zero attached hydrogens (tertiary/aromatic N) is 3. The van der Waals surface area contributed by atoms with Gasteiger partial charge in [-0.05, 0) is 17.7 Å². The molecule has 20 heavy (non-hydrogen) atoms. The van der Waals surface area contributed by atoms with E-state index in [-0.39, 0.29) is 16.8 Å². The molecule has 1 atom stereocenters. The molecule has 0 radical (unpaired) electrons. The van der Waals surface area contributed by atoms with Gasteiger partial charge in [0.15, 0.2) is 0 Å². The first-order valence-corrected chi connectivity index (χ1v) is 6.64. The molecule has 0 saturated carbocycles. The van der Waals surface area contributed by atoms with Gasteiger partial charge in [0, 0.05) is 12.1 Å². The summed E-state index contributed by atoms with van der Waals surface area (Å²) in [6.07, 6.45) is 0.733. The minimum atomic E-state index is -4.64. The average molecular weight is 297 g/mol. The van der Waals surface area contributed by atoms with Crippen LogP contribution < -0.4 is 0 Å². The van der Waals surface area contributed by atoms with E-state index in [0.717, 1.165) is 24.3 Å². The standard InChI is InChI=1S/C10H7N3O6S/c11-12-10-6-2-1-5(13(15)16)3-7(6)9(4-8(10)14)20(17,18)19/h1-4,9,14H,(H,17,18,19)/t9-/m1/s1. The highest BCUT2D eigenvalue weighted by Crippen LogP contribution is 2.34. The van der Waals surface area contributed by atoms with Gasteiger partial charge < -0.3 is 10.6 Å². The van der Waals surface area contributed by atoms with Crippen LogP contribution in [0.2, 0.25) is 0 Å². The Hall–Kier alpha value is -2.55. The van der Waals surface area contributed by atoms with Gasteiger partial charge in [-0.2, -0.15) is 13.2 Å². The predicted molar refractivity (Wildman–Crippen MR) is 65.8 cm³/mol. The lowest BCUT2D eigenvalue weighted by Gasteiger charge is -2.17. The van der Waals surface area contributed by atoms with E-state index in [0.29, 0.717) is 0 Å². The van der Waals surface area contributed by atoms with Gasteiger partial charge in [0.2, 0.25) is 5.76 Å². The smallest absolute Gasteiger partial charge is 0.363 e. The minimum Gasteiger partial charge on any atom is -0.502 e. The molecule has 2 rings (SSSR count). The van der Waals surface area contributed by atoms with Gasteiger partial charge >= 0.3 is 5.71 Å². The molecule has 1 aliphatic rings. The van der Waals surface area contributed by atoms with Crippen LogP contribution in [-0.4, -0.2) is 33.5 Å². The van der Waals surface area contributed by atoms with Crippen LogP contribution in [-0.2, 0) is 10.1 Å². The quantitative estimate of drug-likeness (QED) is 0.273. The zero-order valence-corrected chi connectivity index (χ0v) is 10.5. The lowest BCUT2D eigenvalue weighted by atomic mass is 9.93. The first kappa shape index (κ1) is 13.9. The molecule has 0 saturated heterocycles. The van der Waals surface area contributed by atoms with E-state index in [1.54, 1.807) is 0 Å². The third-order valence-corrected chi connectivity index (χ3v) is 3.81. The topological polar surface area (TPSA) is 154 Å². The number of hydrogen-bond acceptors (Lipinski definition) is 5. The van der Waals surface area contributed by atoms with Crippen molar-refractivity contribution < 1.29 is 27.8 Å². The maximum absolute atomic E-state index is 11.3. The fraction of sp³-hybridized carbons (Fsp3) is 0.100. The van der Waals surface area contributed by atoms with Crippen molar-refractivity contribution in [2.75, 3.05) is 0 Å². The van der Waals surface area contributed by atoms with Crippen molar-refractivity contribution in [3.05, 3.63) is 56.8 Å². The van der Waals surface area contributed by atoms with Gasteiger partial charge in [0.25, 0.3) is 15.8 Å². The number of aliphatic hydroxyl groups excluding tert-OH is 1. The molecule has 1 aliphatic carbocycles.